The van der Waals surface area contributed by atoms with E-state index < -0.39 is 0 Å². The van der Waals surface area contributed by atoms with Crippen LogP contribution in [0.15, 0.2) is 22.7 Å². The Labute approximate surface area is 131 Å². The molecular weight excluding hydrogens is 314 g/mol. The Morgan fingerprint density at radius 2 is 1.90 bits per heavy atom. The van der Waals surface area contributed by atoms with Gasteiger partial charge in [-0.3, -0.25) is 4.90 Å². The van der Waals surface area contributed by atoms with Crippen molar-refractivity contribution in [2.75, 3.05) is 44.2 Å². The molecule has 1 aromatic carbocycles. The predicted octanol–water partition coefficient (Wildman–Crippen LogP) is 2.73. The number of nitrogens with two attached hydrogens (primary N) is 1. The number of hydrogen-bond donors (Lipinski definition) is 1. The van der Waals surface area contributed by atoms with Gasteiger partial charge < -0.3 is 10.6 Å². The summed E-state index contributed by atoms with van der Waals surface area (Å²) in [6, 6.07) is 6.55. The Hall–Kier alpha value is -0.580. The number of piperazine rings is 1. The SMILES string of the molecule is CC(C)CN1CCN(c2cc(Br)ccc2CCN)CC1. The van der Waals surface area contributed by atoms with Crippen molar-refractivity contribution in [1.29, 1.82) is 0 Å². The summed E-state index contributed by atoms with van der Waals surface area (Å²) < 4.78 is 1.15. The zero-order valence-corrected chi connectivity index (χ0v) is 14.2. The van der Waals surface area contributed by atoms with Gasteiger partial charge in [0.1, 0.15) is 0 Å². The number of nitrogens with zero attached hydrogens (tertiary/aromatic N) is 2. The second-order valence-corrected chi connectivity index (χ2v) is 6.91. The van der Waals surface area contributed by atoms with Crippen molar-refractivity contribution in [2.24, 2.45) is 11.7 Å². The van der Waals surface area contributed by atoms with Crippen molar-refractivity contribution >= 4 is 21.6 Å². The van der Waals surface area contributed by atoms with Crippen molar-refractivity contribution < 1.29 is 0 Å². The first-order chi connectivity index (χ1) is 9.60. The van der Waals surface area contributed by atoms with Gasteiger partial charge in [-0.1, -0.05) is 35.8 Å². The molecule has 20 heavy (non-hydrogen) atoms. The van der Waals surface area contributed by atoms with Gasteiger partial charge in [-0.2, -0.15) is 0 Å². The number of rotatable bonds is 5. The van der Waals surface area contributed by atoms with E-state index in [4.69, 9.17) is 5.73 Å². The molecule has 0 saturated carbocycles. The molecule has 1 aliphatic rings. The van der Waals surface area contributed by atoms with Gasteiger partial charge in [0.05, 0.1) is 0 Å². The van der Waals surface area contributed by atoms with Crippen LogP contribution in [-0.4, -0.2) is 44.2 Å². The largest absolute Gasteiger partial charge is 0.369 e. The molecule has 0 bridgehead atoms. The van der Waals surface area contributed by atoms with Crippen molar-refractivity contribution in [2.45, 2.75) is 20.3 Å². The second kappa shape index (κ2) is 7.43. The zero-order valence-electron chi connectivity index (χ0n) is 12.6. The summed E-state index contributed by atoms with van der Waals surface area (Å²) in [4.78, 5) is 5.08. The number of anilines is 1. The fourth-order valence-electron chi connectivity index (χ4n) is 2.89. The molecule has 3 nitrogen and oxygen atoms in total. The maximum Gasteiger partial charge on any atom is 0.0411 e. The molecule has 1 saturated heterocycles. The third kappa shape index (κ3) is 4.21. The van der Waals surface area contributed by atoms with Gasteiger partial charge >= 0.3 is 0 Å². The van der Waals surface area contributed by atoms with Crippen molar-refractivity contribution in [3.63, 3.8) is 0 Å². The smallest absolute Gasteiger partial charge is 0.0411 e. The summed E-state index contributed by atoms with van der Waals surface area (Å²) in [5.41, 5.74) is 8.46. The molecule has 0 amide bonds. The van der Waals surface area contributed by atoms with E-state index >= 15 is 0 Å². The summed E-state index contributed by atoms with van der Waals surface area (Å²) in [5, 5.41) is 0. The van der Waals surface area contributed by atoms with Gasteiger partial charge in [0.25, 0.3) is 0 Å². The van der Waals surface area contributed by atoms with Gasteiger partial charge in [-0.15, -0.1) is 0 Å². The standard InChI is InChI=1S/C16H26BrN3/c1-13(2)12-19-7-9-20(10-8-19)16-11-15(17)4-3-14(16)5-6-18/h3-4,11,13H,5-10,12,18H2,1-2H3. The lowest BCUT2D eigenvalue weighted by atomic mass is 10.1. The van der Waals surface area contributed by atoms with Gasteiger partial charge in [0.2, 0.25) is 0 Å². The first-order valence-electron chi connectivity index (χ1n) is 7.56. The molecule has 0 atom stereocenters. The van der Waals surface area contributed by atoms with E-state index in [1.807, 2.05) is 0 Å². The van der Waals surface area contributed by atoms with Crippen LogP contribution in [0.5, 0.6) is 0 Å². The molecule has 1 aromatic rings. The van der Waals surface area contributed by atoms with Crippen LogP contribution in [0.3, 0.4) is 0 Å². The lowest BCUT2D eigenvalue weighted by molar-refractivity contribution is 0.231. The quantitative estimate of drug-likeness (QED) is 0.895. The number of benzene rings is 1. The summed E-state index contributed by atoms with van der Waals surface area (Å²) in [7, 11) is 0. The Morgan fingerprint density at radius 3 is 2.50 bits per heavy atom. The van der Waals surface area contributed by atoms with Crippen LogP contribution in [0.1, 0.15) is 19.4 Å². The zero-order chi connectivity index (χ0) is 14.5. The molecule has 0 aliphatic carbocycles. The third-order valence-corrected chi connectivity index (χ3v) is 4.29. The third-order valence-electron chi connectivity index (χ3n) is 3.80. The fourth-order valence-corrected chi connectivity index (χ4v) is 3.24. The van der Waals surface area contributed by atoms with Crippen LogP contribution in [0, 0.1) is 5.92 Å². The summed E-state index contributed by atoms with van der Waals surface area (Å²) >= 11 is 3.59. The van der Waals surface area contributed by atoms with E-state index in [0.29, 0.717) is 6.54 Å². The van der Waals surface area contributed by atoms with Crippen LogP contribution in [0.4, 0.5) is 5.69 Å². The summed E-state index contributed by atoms with van der Waals surface area (Å²) in [5.74, 6) is 0.750. The minimum Gasteiger partial charge on any atom is -0.369 e. The summed E-state index contributed by atoms with van der Waals surface area (Å²) in [6.07, 6.45) is 0.953. The average Bonchev–Trinajstić information content (AvgIpc) is 2.41. The van der Waals surface area contributed by atoms with Crippen LogP contribution >= 0.6 is 15.9 Å². The van der Waals surface area contributed by atoms with E-state index in [0.717, 1.165) is 43.0 Å². The lowest BCUT2D eigenvalue weighted by Gasteiger charge is -2.37. The number of hydrogen-bond acceptors (Lipinski definition) is 3. The average molecular weight is 340 g/mol. The highest BCUT2D eigenvalue weighted by Gasteiger charge is 2.19. The van der Waals surface area contributed by atoms with Crippen molar-refractivity contribution in [3.8, 4) is 0 Å². The fraction of sp³-hybridized carbons (Fsp3) is 0.625. The van der Waals surface area contributed by atoms with Crippen molar-refractivity contribution in [1.82, 2.24) is 4.90 Å². The van der Waals surface area contributed by atoms with E-state index in [1.54, 1.807) is 0 Å². The minimum absolute atomic E-state index is 0.710. The molecule has 1 aliphatic heterocycles. The molecule has 1 heterocycles. The highest BCUT2D eigenvalue weighted by molar-refractivity contribution is 9.10. The molecule has 2 rings (SSSR count). The Balaban J connectivity index is 2.04. The summed E-state index contributed by atoms with van der Waals surface area (Å²) in [6.45, 7) is 11.0. The molecular formula is C16H26BrN3. The second-order valence-electron chi connectivity index (χ2n) is 5.99. The first-order valence-corrected chi connectivity index (χ1v) is 8.35. The van der Waals surface area contributed by atoms with Crippen molar-refractivity contribution in [3.05, 3.63) is 28.2 Å². The molecule has 2 N–H and O–H groups in total. The molecule has 0 spiro atoms. The highest BCUT2D eigenvalue weighted by Crippen LogP contribution is 2.26. The van der Waals surface area contributed by atoms with Crippen LogP contribution in [0.25, 0.3) is 0 Å². The Morgan fingerprint density at radius 1 is 1.20 bits per heavy atom. The highest BCUT2D eigenvalue weighted by atomic mass is 79.9. The van der Waals surface area contributed by atoms with E-state index in [1.165, 1.54) is 17.8 Å². The van der Waals surface area contributed by atoms with Gasteiger partial charge in [-0.05, 0) is 36.6 Å². The van der Waals surface area contributed by atoms with E-state index in [2.05, 4.69) is 57.8 Å². The van der Waals surface area contributed by atoms with Gasteiger partial charge in [-0.25, -0.2) is 0 Å². The van der Waals surface area contributed by atoms with Crippen LogP contribution < -0.4 is 10.6 Å². The number of halogens is 1. The normalized spacial score (nSPS) is 16.9. The molecule has 4 heteroatoms. The van der Waals surface area contributed by atoms with E-state index in [-0.39, 0.29) is 0 Å². The maximum atomic E-state index is 5.74. The van der Waals surface area contributed by atoms with Gasteiger partial charge in [0.15, 0.2) is 0 Å². The van der Waals surface area contributed by atoms with Gasteiger partial charge in [0, 0.05) is 42.9 Å². The molecule has 0 aromatic heterocycles. The Bertz CT molecular complexity index is 426. The topological polar surface area (TPSA) is 32.5 Å². The Kier molecular flexibility index (Phi) is 5.87. The molecule has 1 fully saturated rings. The van der Waals surface area contributed by atoms with Crippen LogP contribution in [-0.2, 0) is 6.42 Å². The molecule has 0 radical (unpaired) electrons. The lowest BCUT2D eigenvalue weighted by Crippen LogP contribution is -2.47. The molecule has 112 valence electrons. The van der Waals surface area contributed by atoms with Crippen LogP contribution in [0.2, 0.25) is 0 Å². The first kappa shape index (κ1) is 15.8. The maximum absolute atomic E-state index is 5.74. The monoisotopic (exact) mass is 339 g/mol. The predicted molar refractivity (Wildman–Crippen MR) is 90.4 cm³/mol. The molecule has 0 unspecified atom stereocenters. The van der Waals surface area contributed by atoms with E-state index in [9.17, 15) is 0 Å². The minimum atomic E-state index is 0.710.